The summed E-state index contributed by atoms with van der Waals surface area (Å²) < 4.78 is 0. The summed E-state index contributed by atoms with van der Waals surface area (Å²) in [5.41, 5.74) is 0.0669. The summed E-state index contributed by atoms with van der Waals surface area (Å²) in [4.78, 5) is 15.7. The van der Waals surface area contributed by atoms with E-state index in [0.29, 0.717) is 6.04 Å². The molecule has 1 aliphatic rings. The fourth-order valence-corrected chi connectivity index (χ4v) is 2.66. The molecule has 0 radical (unpaired) electrons. The van der Waals surface area contributed by atoms with Crippen LogP contribution in [-0.2, 0) is 4.79 Å². The number of rotatable bonds is 7. The highest BCUT2D eigenvalue weighted by Gasteiger charge is 2.22. The summed E-state index contributed by atoms with van der Waals surface area (Å²) in [6.07, 6.45) is 5.96. The number of hydrogen-bond donors (Lipinski definition) is 2. The third-order valence-corrected chi connectivity index (χ3v) is 3.82. The zero-order valence-corrected chi connectivity index (χ0v) is 12.7. The summed E-state index contributed by atoms with van der Waals surface area (Å²) in [6.45, 7) is 2.83. The van der Waals surface area contributed by atoms with Crippen LogP contribution in [0.15, 0.2) is 11.8 Å². The molecule has 1 rings (SSSR count). The minimum Gasteiger partial charge on any atom is -0.395 e. The topological polar surface area (TPSA) is 87.8 Å². The lowest BCUT2D eigenvalue weighted by Crippen LogP contribution is -2.39. The number of carbonyl (C=O) groups excluding carboxylic acids is 1. The lowest BCUT2D eigenvalue weighted by atomic mass is 10.0. The van der Waals surface area contributed by atoms with Crippen molar-refractivity contribution in [3.05, 3.63) is 11.8 Å². The van der Waals surface area contributed by atoms with E-state index in [9.17, 15) is 10.1 Å². The molecule has 6 nitrogen and oxygen atoms in total. The largest absolute Gasteiger partial charge is 0.395 e. The zero-order valence-electron chi connectivity index (χ0n) is 12.7. The van der Waals surface area contributed by atoms with Crippen molar-refractivity contribution in [1.82, 2.24) is 9.80 Å². The molecule has 118 valence electrons. The van der Waals surface area contributed by atoms with Gasteiger partial charge in [-0.05, 0) is 25.7 Å². The molecule has 21 heavy (non-hydrogen) atoms. The number of aliphatic hydroxyl groups is 2. The van der Waals surface area contributed by atoms with Gasteiger partial charge in [-0.25, -0.2) is 0 Å². The molecular formula is C15H25N3O3. The first-order valence-corrected chi connectivity index (χ1v) is 7.56. The molecular weight excluding hydrogens is 270 g/mol. The molecule has 1 atom stereocenters. The lowest BCUT2D eigenvalue weighted by Gasteiger charge is -2.34. The van der Waals surface area contributed by atoms with Crippen LogP contribution in [0.3, 0.4) is 0 Å². The van der Waals surface area contributed by atoms with Crippen LogP contribution in [0.1, 0.15) is 32.6 Å². The molecule has 1 aliphatic heterocycles. The van der Waals surface area contributed by atoms with Gasteiger partial charge in [-0.3, -0.25) is 4.79 Å². The van der Waals surface area contributed by atoms with E-state index in [2.05, 4.69) is 11.8 Å². The van der Waals surface area contributed by atoms with Crippen molar-refractivity contribution in [2.45, 2.75) is 38.6 Å². The summed E-state index contributed by atoms with van der Waals surface area (Å²) in [6, 6.07) is 2.33. The number of nitriles is 1. The predicted molar refractivity (Wildman–Crippen MR) is 79.1 cm³/mol. The van der Waals surface area contributed by atoms with Gasteiger partial charge >= 0.3 is 0 Å². The SMILES string of the molecule is CCC1CCCCN1/C=C(/C#N)C(=O)N(CCO)CCO. The number of likely N-dealkylation sites (tertiary alicyclic amines) is 1. The third kappa shape index (κ3) is 5.03. The van der Waals surface area contributed by atoms with Gasteiger partial charge in [0.2, 0.25) is 0 Å². The maximum atomic E-state index is 12.3. The van der Waals surface area contributed by atoms with Gasteiger partial charge in [0.15, 0.2) is 0 Å². The van der Waals surface area contributed by atoms with E-state index >= 15 is 0 Å². The minimum absolute atomic E-state index is 0.0669. The van der Waals surface area contributed by atoms with Gasteiger partial charge in [-0.2, -0.15) is 5.26 Å². The molecule has 0 aromatic carbocycles. The fraction of sp³-hybridized carbons (Fsp3) is 0.733. The normalized spacial score (nSPS) is 19.2. The van der Waals surface area contributed by atoms with E-state index < -0.39 is 5.91 Å². The number of carbonyl (C=O) groups is 1. The number of hydrogen-bond acceptors (Lipinski definition) is 5. The summed E-state index contributed by atoms with van der Waals surface area (Å²) in [5.74, 6) is -0.430. The maximum absolute atomic E-state index is 12.3. The highest BCUT2D eigenvalue weighted by molar-refractivity contribution is 5.97. The average molecular weight is 295 g/mol. The van der Waals surface area contributed by atoms with Gasteiger partial charge in [0.25, 0.3) is 5.91 Å². The van der Waals surface area contributed by atoms with Gasteiger partial charge in [0.1, 0.15) is 11.6 Å². The van der Waals surface area contributed by atoms with E-state index in [0.717, 1.165) is 25.8 Å². The van der Waals surface area contributed by atoms with Gasteiger partial charge in [0.05, 0.1) is 13.2 Å². The molecule has 0 saturated carbocycles. The van der Waals surface area contributed by atoms with E-state index in [4.69, 9.17) is 10.2 Å². The molecule has 0 aromatic rings. The first kappa shape index (κ1) is 17.5. The van der Waals surface area contributed by atoms with Crippen LogP contribution in [-0.4, -0.2) is 64.8 Å². The van der Waals surface area contributed by atoms with Gasteiger partial charge in [-0.1, -0.05) is 6.92 Å². The van der Waals surface area contributed by atoms with Crippen LogP contribution in [0.25, 0.3) is 0 Å². The van der Waals surface area contributed by atoms with Crippen LogP contribution in [0.2, 0.25) is 0 Å². The molecule has 2 N–H and O–H groups in total. The van der Waals surface area contributed by atoms with Gasteiger partial charge < -0.3 is 20.0 Å². The van der Waals surface area contributed by atoms with E-state index in [1.165, 1.54) is 11.3 Å². The monoisotopic (exact) mass is 295 g/mol. The highest BCUT2D eigenvalue weighted by Crippen LogP contribution is 2.20. The Kier molecular flexibility index (Phi) is 7.80. The Morgan fingerprint density at radius 2 is 2.05 bits per heavy atom. The Balaban J connectivity index is 2.86. The fourth-order valence-electron chi connectivity index (χ4n) is 2.66. The molecule has 0 bridgehead atoms. The van der Waals surface area contributed by atoms with Crippen molar-refractivity contribution in [2.75, 3.05) is 32.8 Å². The molecule has 6 heteroatoms. The molecule has 0 spiro atoms. The van der Waals surface area contributed by atoms with Crippen molar-refractivity contribution < 1.29 is 15.0 Å². The Bertz CT molecular complexity index is 397. The van der Waals surface area contributed by atoms with Crippen molar-refractivity contribution in [2.24, 2.45) is 0 Å². The lowest BCUT2D eigenvalue weighted by molar-refractivity contribution is -0.127. The molecule has 0 aliphatic carbocycles. The van der Waals surface area contributed by atoms with Crippen molar-refractivity contribution in [3.8, 4) is 6.07 Å². The van der Waals surface area contributed by atoms with Crippen molar-refractivity contribution in [3.63, 3.8) is 0 Å². The molecule has 0 aromatic heterocycles. The van der Waals surface area contributed by atoms with Crippen LogP contribution in [0.4, 0.5) is 0 Å². The number of nitrogens with zero attached hydrogens (tertiary/aromatic N) is 3. The second kappa shape index (κ2) is 9.37. The highest BCUT2D eigenvalue weighted by atomic mass is 16.3. The van der Waals surface area contributed by atoms with Crippen LogP contribution >= 0.6 is 0 Å². The first-order chi connectivity index (χ1) is 10.2. The Labute approximate surface area is 126 Å². The zero-order chi connectivity index (χ0) is 15.7. The molecule has 1 unspecified atom stereocenters. The van der Waals surface area contributed by atoms with E-state index in [-0.39, 0.29) is 31.9 Å². The Morgan fingerprint density at radius 1 is 1.38 bits per heavy atom. The van der Waals surface area contributed by atoms with Crippen LogP contribution in [0, 0.1) is 11.3 Å². The van der Waals surface area contributed by atoms with Crippen LogP contribution < -0.4 is 0 Å². The molecule has 1 heterocycles. The Hall–Kier alpha value is -1.58. The second-order valence-corrected chi connectivity index (χ2v) is 5.19. The standard InChI is InChI=1S/C15H25N3O3/c1-2-14-5-3-4-6-18(14)12-13(11-16)15(21)17(7-9-19)8-10-20/h12,14,19-20H,2-10H2,1H3/b13-12-. The van der Waals surface area contributed by atoms with E-state index in [1.54, 1.807) is 6.20 Å². The smallest absolute Gasteiger partial charge is 0.266 e. The summed E-state index contributed by atoms with van der Waals surface area (Å²) in [7, 11) is 0. The molecule has 1 saturated heterocycles. The maximum Gasteiger partial charge on any atom is 0.266 e. The summed E-state index contributed by atoms with van der Waals surface area (Å²) >= 11 is 0. The predicted octanol–water partition coefficient (Wildman–Crippen LogP) is 0.472. The summed E-state index contributed by atoms with van der Waals surface area (Å²) in [5, 5.41) is 27.2. The first-order valence-electron chi connectivity index (χ1n) is 7.56. The van der Waals surface area contributed by atoms with E-state index in [1.807, 2.05) is 6.07 Å². The van der Waals surface area contributed by atoms with Crippen molar-refractivity contribution >= 4 is 5.91 Å². The number of piperidine rings is 1. The number of amides is 1. The van der Waals surface area contributed by atoms with Gasteiger partial charge in [0, 0.05) is 31.9 Å². The second-order valence-electron chi connectivity index (χ2n) is 5.19. The average Bonchev–Trinajstić information content (AvgIpc) is 2.52. The minimum atomic E-state index is -0.430. The van der Waals surface area contributed by atoms with Crippen molar-refractivity contribution in [1.29, 1.82) is 5.26 Å². The molecule has 1 amide bonds. The van der Waals surface area contributed by atoms with Crippen LogP contribution in [0.5, 0.6) is 0 Å². The quantitative estimate of drug-likeness (QED) is 0.526. The number of aliphatic hydroxyl groups excluding tert-OH is 2. The van der Waals surface area contributed by atoms with Gasteiger partial charge in [-0.15, -0.1) is 0 Å². The Morgan fingerprint density at radius 3 is 2.57 bits per heavy atom. The third-order valence-electron chi connectivity index (χ3n) is 3.82. The molecule has 1 fully saturated rings.